The van der Waals surface area contributed by atoms with Gasteiger partial charge < -0.3 is 14.4 Å². The SMILES string of the molecule is CC(C)CCOC(=O)C1[C@@H]2C=C[C@]3(CN(Cc4cccs4)C(=O)[C@H]13)O2. The zero-order chi connectivity index (χ0) is 17.6. The van der Waals surface area contributed by atoms with Crippen molar-refractivity contribution in [2.75, 3.05) is 13.2 Å². The molecule has 0 aliphatic carbocycles. The van der Waals surface area contributed by atoms with Crippen LogP contribution in [0.4, 0.5) is 0 Å². The molecule has 2 saturated heterocycles. The van der Waals surface area contributed by atoms with Crippen molar-refractivity contribution in [3.8, 4) is 0 Å². The summed E-state index contributed by atoms with van der Waals surface area (Å²) in [5.74, 6) is -0.781. The Morgan fingerprint density at radius 3 is 3.08 bits per heavy atom. The van der Waals surface area contributed by atoms with Crippen LogP contribution in [-0.2, 0) is 25.6 Å². The Kier molecular flexibility index (Phi) is 4.20. The van der Waals surface area contributed by atoms with Gasteiger partial charge in [0.1, 0.15) is 11.5 Å². The van der Waals surface area contributed by atoms with Gasteiger partial charge in [-0.15, -0.1) is 11.3 Å². The molecular weight excluding hydrogens is 338 g/mol. The highest BCUT2D eigenvalue weighted by Crippen LogP contribution is 2.52. The van der Waals surface area contributed by atoms with E-state index in [4.69, 9.17) is 9.47 Å². The summed E-state index contributed by atoms with van der Waals surface area (Å²) in [6.45, 7) is 5.67. The predicted molar refractivity (Wildman–Crippen MR) is 93.9 cm³/mol. The molecule has 4 atom stereocenters. The Morgan fingerprint density at radius 2 is 2.36 bits per heavy atom. The van der Waals surface area contributed by atoms with E-state index in [1.807, 2.05) is 34.6 Å². The largest absolute Gasteiger partial charge is 0.465 e. The lowest BCUT2D eigenvalue weighted by Crippen LogP contribution is -2.40. The van der Waals surface area contributed by atoms with E-state index in [1.165, 1.54) is 0 Å². The van der Waals surface area contributed by atoms with Crippen molar-refractivity contribution in [1.82, 2.24) is 4.90 Å². The van der Waals surface area contributed by atoms with Gasteiger partial charge in [0.2, 0.25) is 5.91 Å². The summed E-state index contributed by atoms with van der Waals surface area (Å²) < 4.78 is 11.6. The summed E-state index contributed by atoms with van der Waals surface area (Å²) in [4.78, 5) is 28.6. The molecule has 4 heterocycles. The molecule has 6 heteroatoms. The van der Waals surface area contributed by atoms with Gasteiger partial charge >= 0.3 is 5.97 Å². The number of likely N-dealkylation sites (tertiary alicyclic amines) is 1. The number of amides is 1. The van der Waals surface area contributed by atoms with E-state index in [1.54, 1.807) is 11.3 Å². The second-order valence-electron chi connectivity index (χ2n) is 7.52. The Labute approximate surface area is 151 Å². The third-order valence-corrected chi connectivity index (χ3v) is 6.18. The maximum absolute atomic E-state index is 13.0. The number of thiophene rings is 1. The molecule has 1 aromatic rings. The molecular formula is C19H23NO4S. The second-order valence-corrected chi connectivity index (χ2v) is 8.56. The van der Waals surface area contributed by atoms with Crippen LogP contribution in [0.25, 0.3) is 0 Å². The third-order valence-electron chi connectivity index (χ3n) is 5.32. The number of rotatable bonds is 6. The van der Waals surface area contributed by atoms with Crippen LogP contribution in [0.15, 0.2) is 29.7 Å². The van der Waals surface area contributed by atoms with Crippen molar-refractivity contribution >= 4 is 23.2 Å². The van der Waals surface area contributed by atoms with Crippen LogP contribution in [0.2, 0.25) is 0 Å². The van der Waals surface area contributed by atoms with E-state index in [-0.39, 0.29) is 18.0 Å². The smallest absolute Gasteiger partial charge is 0.312 e. The molecule has 2 bridgehead atoms. The first-order chi connectivity index (χ1) is 12.0. The van der Waals surface area contributed by atoms with E-state index in [2.05, 4.69) is 13.8 Å². The first-order valence-corrected chi connectivity index (χ1v) is 9.73. The highest BCUT2D eigenvalue weighted by atomic mass is 32.1. The molecule has 0 radical (unpaired) electrons. The fourth-order valence-electron chi connectivity index (χ4n) is 4.06. The van der Waals surface area contributed by atoms with Crippen LogP contribution in [0, 0.1) is 17.8 Å². The number of hydrogen-bond donors (Lipinski definition) is 0. The van der Waals surface area contributed by atoms with Gasteiger partial charge in [-0.25, -0.2) is 0 Å². The fraction of sp³-hybridized carbons (Fsp3) is 0.579. The number of esters is 1. The summed E-state index contributed by atoms with van der Waals surface area (Å²) in [5.41, 5.74) is -0.652. The Balaban J connectivity index is 1.49. The molecule has 25 heavy (non-hydrogen) atoms. The van der Waals surface area contributed by atoms with Crippen molar-refractivity contribution in [1.29, 1.82) is 0 Å². The van der Waals surface area contributed by atoms with Gasteiger partial charge in [-0.05, 0) is 23.8 Å². The van der Waals surface area contributed by atoms with Crippen LogP contribution in [0.1, 0.15) is 25.1 Å². The molecule has 1 amide bonds. The van der Waals surface area contributed by atoms with E-state index < -0.39 is 17.4 Å². The topological polar surface area (TPSA) is 55.8 Å². The first-order valence-electron chi connectivity index (χ1n) is 8.85. The highest BCUT2D eigenvalue weighted by molar-refractivity contribution is 7.09. The number of nitrogens with zero attached hydrogens (tertiary/aromatic N) is 1. The number of fused-ring (bicyclic) bond motifs is 1. The zero-order valence-corrected chi connectivity index (χ0v) is 15.3. The Bertz CT molecular complexity index is 698. The number of hydrogen-bond acceptors (Lipinski definition) is 5. The van der Waals surface area contributed by atoms with Gasteiger partial charge in [-0.3, -0.25) is 9.59 Å². The standard InChI is InChI=1S/C19H23NO4S/c1-12(2)6-8-23-18(22)15-14-5-7-19(24-14)11-20(17(21)16(15)19)10-13-4-3-9-25-13/h3-5,7,9,12,14-16H,6,8,10-11H2,1-2H3/t14-,15?,16-,19+/m0/s1. The molecule has 4 rings (SSSR count). The van der Waals surface area contributed by atoms with Gasteiger partial charge in [0.25, 0.3) is 0 Å². The van der Waals surface area contributed by atoms with E-state index in [0.29, 0.717) is 25.6 Å². The monoisotopic (exact) mass is 361 g/mol. The van der Waals surface area contributed by atoms with E-state index >= 15 is 0 Å². The van der Waals surface area contributed by atoms with Gasteiger partial charge in [0.15, 0.2) is 0 Å². The number of carbonyl (C=O) groups excluding carboxylic acids is 2. The molecule has 0 N–H and O–H groups in total. The van der Waals surface area contributed by atoms with Crippen molar-refractivity contribution in [3.63, 3.8) is 0 Å². The van der Waals surface area contributed by atoms with Gasteiger partial charge in [-0.2, -0.15) is 0 Å². The molecule has 3 aliphatic heterocycles. The molecule has 2 fully saturated rings. The molecule has 1 unspecified atom stereocenters. The summed E-state index contributed by atoms with van der Waals surface area (Å²) in [6, 6.07) is 4.01. The predicted octanol–water partition coefficient (Wildman–Crippen LogP) is 2.62. The lowest BCUT2D eigenvalue weighted by molar-refractivity contribution is -0.154. The quantitative estimate of drug-likeness (QED) is 0.577. The van der Waals surface area contributed by atoms with Crippen LogP contribution in [0.5, 0.6) is 0 Å². The summed E-state index contributed by atoms with van der Waals surface area (Å²) in [5, 5.41) is 2.01. The molecule has 5 nitrogen and oxygen atoms in total. The van der Waals surface area contributed by atoms with Crippen LogP contribution in [0.3, 0.4) is 0 Å². The van der Waals surface area contributed by atoms with Crippen molar-refractivity contribution < 1.29 is 19.1 Å². The minimum absolute atomic E-state index is 0.00561. The number of carbonyl (C=O) groups is 2. The summed E-state index contributed by atoms with van der Waals surface area (Å²) in [7, 11) is 0. The Hall–Kier alpha value is -1.66. The first kappa shape index (κ1) is 16.8. The van der Waals surface area contributed by atoms with Gasteiger partial charge in [-0.1, -0.05) is 32.1 Å². The van der Waals surface area contributed by atoms with Crippen LogP contribution < -0.4 is 0 Å². The molecule has 1 aromatic heterocycles. The van der Waals surface area contributed by atoms with Crippen molar-refractivity contribution in [3.05, 3.63) is 34.5 Å². The van der Waals surface area contributed by atoms with Crippen LogP contribution >= 0.6 is 11.3 Å². The normalized spacial score (nSPS) is 32.7. The zero-order valence-electron chi connectivity index (χ0n) is 14.5. The van der Waals surface area contributed by atoms with Crippen molar-refractivity contribution in [2.45, 2.75) is 38.5 Å². The van der Waals surface area contributed by atoms with Gasteiger partial charge in [0.05, 0.1) is 31.7 Å². The highest BCUT2D eigenvalue weighted by Gasteiger charge is 2.67. The lowest BCUT2D eigenvalue weighted by atomic mass is 9.77. The molecule has 0 aromatic carbocycles. The van der Waals surface area contributed by atoms with E-state index in [0.717, 1.165) is 11.3 Å². The number of ether oxygens (including phenoxy) is 2. The second kappa shape index (κ2) is 6.25. The molecule has 3 aliphatic rings. The minimum Gasteiger partial charge on any atom is -0.465 e. The third kappa shape index (κ3) is 2.81. The van der Waals surface area contributed by atoms with Crippen LogP contribution in [-0.4, -0.2) is 41.6 Å². The maximum atomic E-state index is 13.0. The summed E-state index contributed by atoms with van der Waals surface area (Å²) in [6.07, 6.45) is 4.40. The average molecular weight is 361 g/mol. The fourth-order valence-corrected chi connectivity index (χ4v) is 4.78. The maximum Gasteiger partial charge on any atom is 0.312 e. The lowest BCUT2D eigenvalue weighted by Gasteiger charge is -2.23. The van der Waals surface area contributed by atoms with Crippen molar-refractivity contribution in [2.24, 2.45) is 17.8 Å². The molecule has 0 saturated carbocycles. The average Bonchev–Trinajstić information content (AvgIpc) is 3.30. The molecule has 1 spiro atoms. The minimum atomic E-state index is -0.652. The molecule has 134 valence electrons. The Morgan fingerprint density at radius 1 is 1.52 bits per heavy atom. The van der Waals surface area contributed by atoms with Gasteiger partial charge in [0, 0.05) is 4.88 Å². The summed E-state index contributed by atoms with van der Waals surface area (Å²) >= 11 is 1.63. The van der Waals surface area contributed by atoms with E-state index in [9.17, 15) is 9.59 Å².